The number of nitro benzene ring substituents is 1. The van der Waals surface area contributed by atoms with Gasteiger partial charge in [0.1, 0.15) is 12.1 Å². The van der Waals surface area contributed by atoms with E-state index in [0.717, 1.165) is 17.7 Å². The number of hydrogen-bond donors (Lipinski definition) is 4. The average molecular weight is 418 g/mol. The number of amides is 2. The van der Waals surface area contributed by atoms with Crippen LogP contribution in [0.25, 0.3) is 0 Å². The van der Waals surface area contributed by atoms with E-state index in [-0.39, 0.29) is 19.4 Å². The molecule has 160 valence electrons. The van der Waals surface area contributed by atoms with Crippen molar-refractivity contribution in [2.75, 3.05) is 13.2 Å². The molecule has 0 aliphatic heterocycles. The van der Waals surface area contributed by atoms with E-state index in [1.54, 1.807) is 24.3 Å². The number of aliphatic hydroxyl groups excluding tert-OH is 1. The van der Waals surface area contributed by atoms with Crippen LogP contribution >= 0.6 is 0 Å². The molecular formula is C20H23FN4O5. The first-order valence-electron chi connectivity index (χ1n) is 9.23. The molecule has 2 aromatic rings. The molecule has 0 heterocycles. The van der Waals surface area contributed by atoms with Crippen LogP contribution in [0.5, 0.6) is 0 Å². The number of nitrogens with one attached hydrogen (secondary N) is 2. The van der Waals surface area contributed by atoms with Gasteiger partial charge < -0.3 is 21.5 Å². The first-order chi connectivity index (χ1) is 14.3. The second kappa shape index (κ2) is 11.0. The SMILES string of the molecule is N[C@@H](CO)C(=O)N[C@@H](Cc1ccccc1)C(=O)NCCc1ccc(F)c([N+](=O)[O-])c1. The zero-order valence-corrected chi connectivity index (χ0v) is 16.1. The van der Waals surface area contributed by atoms with Gasteiger partial charge in [0, 0.05) is 19.0 Å². The highest BCUT2D eigenvalue weighted by Gasteiger charge is 2.23. The fraction of sp³-hybridized carbons (Fsp3) is 0.300. The highest BCUT2D eigenvalue weighted by atomic mass is 19.1. The summed E-state index contributed by atoms with van der Waals surface area (Å²) in [5, 5.41) is 25.0. The van der Waals surface area contributed by atoms with Gasteiger partial charge >= 0.3 is 5.69 Å². The van der Waals surface area contributed by atoms with E-state index in [4.69, 9.17) is 10.8 Å². The lowest BCUT2D eigenvalue weighted by molar-refractivity contribution is -0.387. The van der Waals surface area contributed by atoms with Crippen molar-refractivity contribution in [1.82, 2.24) is 10.6 Å². The number of carbonyl (C=O) groups excluding carboxylic acids is 2. The molecule has 2 aromatic carbocycles. The zero-order valence-electron chi connectivity index (χ0n) is 16.1. The van der Waals surface area contributed by atoms with E-state index in [9.17, 15) is 24.1 Å². The smallest absolute Gasteiger partial charge is 0.305 e. The van der Waals surface area contributed by atoms with Crippen LogP contribution in [0.1, 0.15) is 11.1 Å². The molecule has 0 spiro atoms. The minimum Gasteiger partial charge on any atom is -0.394 e. The predicted octanol–water partition coefficient (Wildman–Crippen LogP) is 0.440. The van der Waals surface area contributed by atoms with Gasteiger partial charge in [0.05, 0.1) is 11.5 Å². The van der Waals surface area contributed by atoms with Crippen molar-refractivity contribution in [2.24, 2.45) is 5.73 Å². The van der Waals surface area contributed by atoms with Crippen molar-refractivity contribution in [3.8, 4) is 0 Å². The van der Waals surface area contributed by atoms with E-state index in [1.807, 2.05) is 6.07 Å². The summed E-state index contributed by atoms with van der Waals surface area (Å²) in [6, 6.07) is 10.5. The van der Waals surface area contributed by atoms with E-state index in [2.05, 4.69) is 10.6 Å². The number of nitrogens with two attached hydrogens (primary N) is 1. The van der Waals surface area contributed by atoms with E-state index < -0.39 is 46.9 Å². The maximum absolute atomic E-state index is 13.4. The number of nitro groups is 1. The number of rotatable bonds is 10. The van der Waals surface area contributed by atoms with E-state index in [1.165, 1.54) is 6.07 Å². The summed E-state index contributed by atoms with van der Waals surface area (Å²) >= 11 is 0. The predicted molar refractivity (Wildman–Crippen MR) is 107 cm³/mol. The summed E-state index contributed by atoms with van der Waals surface area (Å²) < 4.78 is 13.4. The van der Waals surface area contributed by atoms with Crippen molar-refractivity contribution in [3.63, 3.8) is 0 Å². The normalized spacial score (nSPS) is 12.6. The van der Waals surface area contributed by atoms with Crippen LogP contribution in [0.2, 0.25) is 0 Å². The summed E-state index contributed by atoms with van der Waals surface area (Å²) in [4.78, 5) is 34.7. The Balaban J connectivity index is 2.02. The lowest BCUT2D eigenvalue weighted by Gasteiger charge is -2.20. The van der Waals surface area contributed by atoms with Gasteiger partial charge in [0.15, 0.2) is 0 Å². The third kappa shape index (κ3) is 6.61. The molecule has 2 rings (SSSR count). The maximum atomic E-state index is 13.4. The van der Waals surface area contributed by atoms with Crippen LogP contribution in [-0.2, 0) is 22.4 Å². The molecule has 5 N–H and O–H groups in total. The van der Waals surface area contributed by atoms with Crippen LogP contribution in [0.15, 0.2) is 48.5 Å². The molecule has 9 nitrogen and oxygen atoms in total. The molecular weight excluding hydrogens is 395 g/mol. The summed E-state index contributed by atoms with van der Waals surface area (Å²) in [5.41, 5.74) is 6.16. The Kier molecular flexibility index (Phi) is 8.39. The molecule has 0 aliphatic rings. The fourth-order valence-corrected chi connectivity index (χ4v) is 2.73. The molecule has 0 radical (unpaired) electrons. The molecule has 0 bridgehead atoms. The van der Waals surface area contributed by atoms with Gasteiger partial charge in [-0.25, -0.2) is 0 Å². The van der Waals surface area contributed by atoms with Gasteiger partial charge in [-0.2, -0.15) is 4.39 Å². The highest BCUT2D eigenvalue weighted by Crippen LogP contribution is 2.18. The Morgan fingerprint density at radius 1 is 1.13 bits per heavy atom. The van der Waals surface area contributed by atoms with Crippen LogP contribution in [0.3, 0.4) is 0 Å². The number of benzene rings is 2. The minimum absolute atomic E-state index is 0.120. The van der Waals surface area contributed by atoms with Gasteiger partial charge in [-0.05, 0) is 23.6 Å². The fourth-order valence-electron chi connectivity index (χ4n) is 2.73. The molecule has 2 atom stereocenters. The molecule has 10 heteroatoms. The van der Waals surface area contributed by atoms with Crippen LogP contribution in [-0.4, -0.2) is 47.1 Å². The van der Waals surface area contributed by atoms with Crippen LogP contribution in [0, 0.1) is 15.9 Å². The molecule has 2 amide bonds. The van der Waals surface area contributed by atoms with Gasteiger partial charge in [0.2, 0.25) is 17.6 Å². The van der Waals surface area contributed by atoms with Crippen molar-refractivity contribution in [3.05, 3.63) is 75.6 Å². The summed E-state index contributed by atoms with van der Waals surface area (Å²) in [6.45, 7) is -0.441. The Morgan fingerprint density at radius 3 is 2.47 bits per heavy atom. The standard InChI is InChI=1S/C20H23FN4O5/c21-15-7-6-14(11-18(15)25(29)30)8-9-23-20(28)17(24-19(27)16(22)12-26)10-13-4-2-1-3-5-13/h1-7,11,16-17,26H,8-10,12,22H2,(H,23,28)(H,24,27)/t16-,17-/m0/s1. The van der Waals surface area contributed by atoms with Gasteiger partial charge in [-0.15, -0.1) is 0 Å². The Bertz CT molecular complexity index is 894. The van der Waals surface area contributed by atoms with E-state index in [0.29, 0.717) is 5.56 Å². The second-order valence-electron chi connectivity index (χ2n) is 6.62. The number of halogens is 1. The molecule has 0 saturated carbocycles. The van der Waals surface area contributed by atoms with Crippen LogP contribution in [0.4, 0.5) is 10.1 Å². The van der Waals surface area contributed by atoms with E-state index >= 15 is 0 Å². The molecule has 0 fully saturated rings. The Morgan fingerprint density at radius 2 is 1.83 bits per heavy atom. The lowest BCUT2D eigenvalue weighted by atomic mass is 10.0. The maximum Gasteiger partial charge on any atom is 0.305 e. The molecule has 0 unspecified atom stereocenters. The van der Waals surface area contributed by atoms with Gasteiger partial charge in [-0.1, -0.05) is 36.4 Å². The van der Waals surface area contributed by atoms with Crippen molar-refractivity contribution in [2.45, 2.75) is 24.9 Å². The quantitative estimate of drug-likeness (QED) is 0.325. The number of aliphatic hydroxyl groups is 1. The highest BCUT2D eigenvalue weighted by molar-refractivity contribution is 5.89. The van der Waals surface area contributed by atoms with Crippen molar-refractivity contribution < 1.29 is 24.0 Å². The van der Waals surface area contributed by atoms with Crippen molar-refractivity contribution >= 4 is 17.5 Å². The van der Waals surface area contributed by atoms with Gasteiger partial charge in [-0.3, -0.25) is 19.7 Å². The average Bonchev–Trinajstić information content (AvgIpc) is 2.74. The first-order valence-corrected chi connectivity index (χ1v) is 9.23. The Labute approximate surface area is 172 Å². The van der Waals surface area contributed by atoms with Gasteiger partial charge in [0.25, 0.3) is 0 Å². The topological polar surface area (TPSA) is 148 Å². The second-order valence-corrected chi connectivity index (χ2v) is 6.62. The summed E-state index contributed by atoms with van der Waals surface area (Å²) in [5.74, 6) is -2.07. The third-order valence-electron chi connectivity index (χ3n) is 4.37. The number of carbonyl (C=O) groups is 2. The summed E-state index contributed by atoms with van der Waals surface area (Å²) in [6.07, 6.45) is 0.438. The van der Waals surface area contributed by atoms with Crippen LogP contribution < -0.4 is 16.4 Å². The lowest BCUT2D eigenvalue weighted by Crippen LogP contribution is -2.53. The first kappa shape index (κ1) is 22.9. The monoisotopic (exact) mass is 418 g/mol. The Hall–Kier alpha value is -3.37. The van der Waals surface area contributed by atoms with Crippen molar-refractivity contribution in [1.29, 1.82) is 0 Å². The number of hydrogen-bond acceptors (Lipinski definition) is 6. The zero-order chi connectivity index (χ0) is 22.1. The molecule has 0 saturated heterocycles. The summed E-state index contributed by atoms with van der Waals surface area (Å²) in [7, 11) is 0. The number of nitrogens with zero attached hydrogens (tertiary/aromatic N) is 1. The molecule has 30 heavy (non-hydrogen) atoms. The molecule has 0 aromatic heterocycles. The minimum atomic E-state index is -1.16. The molecule has 0 aliphatic carbocycles. The largest absolute Gasteiger partial charge is 0.394 e. The third-order valence-corrected chi connectivity index (χ3v) is 4.37.